The third-order valence-corrected chi connectivity index (χ3v) is 3.23. The molecule has 0 aromatic carbocycles. The Morgan fingerprint density at radius 2 is 2.12 bits per heavy atom. The van der Waals surface area contributed by atoms with Gasteiger partial charge in [-0.05, 0) is 37.5 Å². The second kappa shape index (κ2) is 5.17. The van der Waals surface area contributed by atoms with Crippen molar-refractivity contribution in [2.75, 3.05) is 0 Å². The minimum atomic E-state index is -0.782. The highest BCUT2D eigenvalue weighted by Gasteiger charge is 2.33. The van der Waals surface area contributed by atoms with Crippen LogP contribution in [0, 0.1) is 11.3 Å². The molecule has 1 rings (SSSR count). The van der Waals surface area contributed by atoms with Crippen LogP contribution in [-0.2, 0) is 9.53 Å². The summed E-state index contributed by atoms with van der Waals surface area (Å²) >= 11 is 0. The van der Waals surface area contributed by atoms with Gasteiger partial charge in [-0.1, -0.05) is 20.8 Å². The summed E-state index contributed by atoms with van der Waals surface area (Å²) in [5, 5.41) is 8.69. The number of ether oxygens (including phenoxy) is 1. The summed E-state index contributed by atoms with van der Waals surface area (Å²) in [4.78, 5) is 10.6. The molecule has 3 atom stereocenters. The number of carboxylic acid groups (broad SMARTS) is 1. The van der Waals surface area contributed by atoms with Crippen LogP contribution in [0.2, 0.25) is 0 Å². The Labute approximate surface area is 98.2 Å². The lowest BCUT2D eigenvalue weighted by atomic mass is 9.71. The Balaban J connectivity index is 2.44. The molecule has 0 aromatic rings. The zero-order valence-electron chi connectivity index (χ0n) is 10.8. The maximum atomic E-state index is 10.6. The largest absolute Gasteiger partial charge is 0.481 e. The predicted octanol–water partition coefficient (Wildman–Crippen LogP) is 3.08. The summed E-state index contributed by atoms with van der Waals surface area (Å²) in [5.41, 5.74) is 0.325. The number of hydrogen-bond donors (Lipinski definition) is 1. The summed E-state index contributed by atoms with van der Waals surface area (Å²) in [6.07, 6.45) is 3.50. The monoisotopic (exact) mass is 228 g/mol. The first-order chi connectivity index (χ1) is 7.28. The molecule has 0 aliphatic heterocycles. The lowest BCUT2D eigenvalue weighted by Crippen LogP contribution is -2.34. The third-order valence-electron chi connectivity index (χ3n) is 3.23. The van der Waals surface area contributed by atoms with Gasteiger partial charge in [0, 0.05) is 0 Å². The zero-order valence-corrected chi connectivity index (χ0v) is 10.8. The Hall–Kier alpha value is -0.570. The average Bonchev–Trinajstić information content (AvgIpc) is 1.95. The second-order valence-electron chi connectivity index (χ2n) is 6.08. The first-order valence-corrected chi connectivity index (χ1v) is 6.16. The van der Waals surface area contributed by atoms with E-state index in [1.807, 2.05) is 6.92 Å². The van der Waals surface area contributed by atoms with Crippen LogP contribution in [0.5, 0.6) is 0 Å². The van der Waals surface area contributed by atoms with Crippen molar-refractivity contribution in [3.05, 3.63) is 0 Å². The van der Waals surface area contributed by atoms with Gasteiger partial charge in [-0.15, -0.1) is 0 Å². The summed E-state index contributed by atoms with van der Waals surface area (Å²) in [5.74, 6) is -0.110. The van der Waals surface area contributed by atoms with Crippen molar-refractivity contribution < 1.29 is 14.6 Å². The number of hydrogen-bond acceptors (Lipinski definition) is 2. The van der Waals surface area contributed by atoms with Crippen molar-refractivity contribution >= 4 is 5.97 Å². The lowest BCUT2D eigenvalue weighted by molar-refractivity contribution is -0.142. The quantitative estimate of drug-likeness (QED) is 0.804. The van der Waals surface area contributed by atoms with Gasteiger partial charge in [0.25, 0.3) is 0 Å². The van der Waals surface area contributed by atoms with Crippen LogP contribution in [0.1, 0.15) is 53.4 Å². The molecule has 1 fully saturated rings. The van der Waals surface area contributed by atoms with Crippen LogP contribution in [0.15, 0.2) is 0 Å². The van der Waals surface area contributed by atoms with Gasteiger partial charge < -0.3 is 9.84 Å². The van der Waals surface area contributed by atoms with E-state index >= 15 is 0 Å². The van der Waals surface area contributed by atoms with E-state index in [0.717, 1.165) is 12.8 Å². The van der Waals surface area contributed by atoms with E-state index in [4.69, 9.17) is 9.84 Å². The van der Waals surface area contributed by atoms with Crippen molar-refractivity contribution in [2.24, 2.45) is 11.3 Å². The Bertz CT molecular complexity index is 248. The van der Waals surface area contributed by atoms with Gasteiger partial charge in [0.1, 0.15) is 0 Å². The fraction of sp³-hybridized carbons (Fsp3) is 0.923. The van der Waals surface area contributed by atoms with Gasteiger partial charge >= 0.3 is 5.97 Å². The van der Waals surface area contributed by atoms with Gasteiger partial charge in [-0.3, -0.25) is 4.79 Å². The first kappa shape index (κ1) is 13.5. The molecule has 0 bridgehead atoms. The van der Waals surface area contributed by atoms with E-state index in [1.54, 1.807) is 0 Å². The van der Waals surface area contributed by atoms with E-state index in [-0.39, 0.29) is 18.6 Å². The van der Waals surface area contributed by atoms with Gasteiger partial charge in [0.15, 0.2) is 0 Å². The molecule has 0 spiro atoms. The van der Waals surface area contributed by atoms with Crippen molar-refractivity contribution in [3.63, 3.8) is 0 Å². The SMILES string of the molecule is CC1CC(O[C@@H](C)CC(=O)O)CC(C)(C)C1. The second-order valence-corrected chi connectivity index (χ2v) is 6.08. The van der Waals surface area contributed by atoms with E-state index in [0.29, 0.717) is 11.3 Å². The summed E-state index contributed by atoms with van der Waals surface area (Å²) in [6, 6.07) is 0. The summed E-state index contributed by atoms with van der Waals surface area (Å²) in [7, 11) is 0. The molecule has 3 nitrogen and oxygen atoms in total. The summed E-state index contributed by atoms with van der Waals surface area (Å²) < 4.78 is 5.83. The van der Waals surface area contributed by atoms with E-state index in [9.17, 15) is 4.79 Å². The third kappa shape index (κ3) is 4.52. The highest BCUT2D eigenvalue weighted by molar-refractivity contribution is 5.67. The van der Waals surface area contributed by atoms with E-state index in [2.05, 4.69) is 20.8 Å². The van der Waals surface area contributed by atoms with Crippen molar-refractivity contribution in [2.45, 2.75) is 65.6 Å². The highest BCUT2D eigenvalue weighted by Crippen LogP contribution is 2.40. The molecular weight excluding hydrogens is 204 g/mol. The zero-order chi connectivity index (χ0) is 12.3. The van der Waals surface area contributed by atoms with Gasteiger partial charge in [-0.25, -0.2) is 0 Å². The maximum Gasteiger partial charge on any atom is 0.305 e. The standard InChI is InChI=1S/C13H24O3/c1-9-5-11(8-13(3,4)7-9)16-10(2)6-12(14)15/h9-11H,5-8H2,1-4H3,(H,14,15)/t9?,10-,11?/m0/s1. The molecule has 94 valence electrons. The minimum absolute atomic E-state index is 0.102. The lowest BCUT2D eigenvalue weighted by Gasteiger charge is -2.39. The van der Waals surface area contributed by atoms with Crippen molar-refractivity contribution in [1.82, 2.24) is 0 Å². The summed E-state index contributed by atoms with van der Waals surface area (Å²) in [6.45, 7) is 8.63. The highest BCUT2D eigenvalue weighted by atomic mass is 16.5. The number of rotatable bonds is 4. The fourth-order valence-corrected chi connectivity index (χ4v) is 2.98. The predicted molar refractivity (Wildman–Crippen MR) is 63.4 cm³/mol. The van der Waals surface area contributed by atoms with Gasteiger partial charge in [0.2, 0.25) is 0 Å². The van der Waals surface area contributed by atoms with Crippen molar-refractivity contribution in [3.8, 4) is 0 Å². The molecular formula is C13H24O3. The van der Waals surface area contributed by atoms with Crippen LogP contribution >= 0.6 is 0 Å². The van der Waals surface area contributed by atoms with Gasteiger partial charge in [-0.2, -0.15) is 0 Å². The minimum Gasteiger partial charge on any atom is -0.481 e. The van der Waals surface area contributed by atoms with E-state index < -0.39 is 5.97 Å². The number of carbonyl (C=O) groups is 1. The average molecular weight is 228 g/mol. The fourth-order valence-electron chi connectivity index (χ4n) is 2.98. The molecule has 0 aromatic heterocycles. The van der Waals surface area contributed by atoms with Crippen LogP contribution in [0.4, 0.5) is 0 Å². The molecule has 0 amide bonds. The topological polar surface area (TPSA) is 46.5 Å². The molecule has 0 heterocycles. The first-order valence-electron chi connectivity index (χ1n) is 6.16. The van der Waals surface area contributed by atoms with Crippen LogP contribution in [0.3, 0.4) is 0 Å². The molecule has 1 saturated carbocycles. The molecule has 1 N–H and O–H groups in total. The van der Waals surface area contributed by atoms with E-state index in [1.165, 1.54) is 6.42 Å². The molecule has 0 saturated heterocycles. The molecule has 2 unspecified atom stereocenters. The number of aliphatic carboxylic acids is 1. The molecule has 1 aliphatic rings. The van der Waals surface area contributed by atoms with Crippen LogP contribution in [-0.4, -0.2) is 23.3 Å². The molecule has 0 radical (unpaired) electrons. The number of carboxylic acids is 1. The van der Waals surface area contributed by atoms with Crippen LogP contribution < -0.4 is 0 Å². The Morgan fingerprint density at radius 3 is 2.62 bits per heavy atom. The normalized spacial score (nSPS) is 31.0. The van der Waals surface area contributed by atoms with Gasteiger partial charge in [0.05, 0.1) is 18.6 Å². The van der Waals surface area contributed by atoms with Crippen LogP contribution in [0.25, 0.3) is 0 Å². The molecule has 16 heavy (non-hydrogen) atoms. The Morgan fingerprint density at radius 1 is 1.50 bits per heavy atom. The smallest absolute Gasteiger partial charge is 0.305 e. The Kier molecular flexibility index (Phi) is 4.36. The maximum absolute atomic E-state index is 10.6. The van der Waals surface area contributed by atoms with Crippen molar-refractivity contribution in [1.29, 1.82) is 0 Å². The molecule has 1 aliphatic carbocycles. The molecule has 3 heteroatoms.